The van der Waals surface area contributed by atoms with Gasteiger partial charge in [0.05, 0.1) is 11.4 Å². The number of pyridine rings is 1. The van der Waals surface area contributed by atoms with Gasteiger partial charge >= 0.3 is 0 Å². The lowest BCUT2D eigenvalue weighted by molar-refractivity contribution is -0.114. The topological polar surface area (TPSA) is 83.4 Å². The largest absolute Gasteiger partial charge is 0.353 e. The van der Waals surface area contributed by atoms with E-state index in [1.807, 2.05) is 42.2 Å². The van der Waals surface area contributed by atoms with Crippen LogP contribution in [0.2, 0.25) is 0 Å². The van der Waals surface area contributed by atoms with Gasteiger partial charge in [-0.1, -0.05) is 18.2 Å². The van der Waals surface area contributed by atoms with E-state index in [-0.39, 0.29) is 17.6 Å². The molecule has 0 spiro atoms. The van der Waals surface area contributed by atoms with Crippen molar-refractivity contribution in [2.75, 3.05) is 36.4 Å². The number of rotatable bonds is 5. The van der Waals surface area contributed by atoms with Crippen LogP contribution in [0.25, 0.3) is 16.8 Å². The fourth-order valence-corrected chi connectivity index (χ4v) is 4.57. The van der Waals surface area contributed by atoms with Gasteiger partial charge < -0.3 is 15.1 Å². The number of nitrogens with one attached hydrogen (secondary N) is 1. The maximum Gasteiger partial charge on any atom is 0.253 e. The average molecular weight is 499 g/mol. The number of benzene rings is 2. The molecule has 0 bridgehead atoms. The maximum absolute atomic E-state index is 13.5. The Morgan fingerprint density at radius 3 is 2.24 bits per heavy atom. The van der Waals surface area contributed by atoms with E-state index in [4.69, 9.17) is 0 Å². The van der Waals surface area contributed by atoms with E-state index in [0.29, 0.717) is 41.4 Å². The summed E-state index contributed by atoms with van der Waals surface area (Å²) < 4.78 is 15.1. The first-order chi connectivity index (χ1) is 17.9. The van der Waals surface area contributed by atoms with Crippen LogP contribution in [0.15, 0.2) is 72.9 Å². The van der Waals surface area contributed by atoms with E-state index in [1.54, 1.807) is 35.1 Å². The number of halogens is 1. The van der Waals surface area contributed by atoms with Gasteiger partial charge in [-0.15, -0.1) is 0 Å². The highest BCUT2D eigenvalue weighted by molar-refractivity contribution is 5.95. The van der Waals surface area contributed by atoms with Crippen molar-refractivity contribution in [2.24, 2.45) is 0 Å². The number of hydrogen-bond acceptors (Lipinski definition) is 5. The second kappa shape index (κ2) is 10.2. The summed E-state index contributed by atoms with van der Waals surface area (Å²) in [6.07, 6.45) is 1.77. The van der Waals surface area contributed by atoms with Crippen LogP contribution in [-0.4, -0.2) is 57.7 Å². The summed E-state index contributed by atoms with van der Waals surface area (Å²) in [6, 6.07) is 19.1. The van der Waals surface area contributed by atoms with Gasteiger partial charge in [-0.25, -0.2) is 14.1 Å². The summed E-state index contributed by atoms with van der Waals surface area (Å²) in [6.45, 7) is 5.94. The standard InChI is InChI=1S/C28H27FN6O2/c1-19-26(21-6-10-23(29)11-7-21)27(31-20(2)36)35(32-19)24-12-8-22(9-13-24)28(37)34-17-15-33(16-18-34)25-5-3-4-14-30-25/h3-14H,15-18H2,1-2H3,(H,31,36). The predicted octanol–water partition coefficient (Wildman–Crippen LogP) is 4.30. The molecule has 2 aromatic heterocycles. The minimum atomic E-state index is -0.340. The minimum absolute atomic E-state index is 0.0297. The molecule has 1 aliphatic rings. The number of carbonyl (C=O) groups excluding carboxylic acids is 2. The molecule has 0 saturated carbocycles. The SMILES string of the molecule is CC(=O)Nc1c(-c2ccc(F)cc2)c(C)nn1-c1ccc(C(=O)N2CCN(c3ccccn3)CC2)cc1. The zero-order chi connectivity index (χ0) is 25.9. The second-order valence-corrected chi connectivity index (χ2v) is 8.92. The smallest absolute Gasteiger partial charge is 0.253 e. The summed E-state index contributed by atoms with van der Waals surface area (Å²) in [5.74, 6) is 0.789. The Bertz CT molecular complexity index is 1410. The van der Waals surface area contributed by atoms with Gasteiger partial charge in [-0.3, -0.25) is 9.59 Å². The van der Waals surface area contributed by atoms with Crippen LogP contribution in [0, 0.1) is 12.7 Å². The molecular formula is C28H27FN6O2. The fraction of sp³-hybridized carbons (Fsp3) is 0.214. The number of hydrogen-bond donors (Lipinski definition) is 1. The molecule has 2 aromatic carbocycles. The summed E-state index contributed by atoms with van der Waals surface area (Å²) in [5, 5.41) is 7.50. The van der Waals surface area contributed by atoms with Crippen LogP contribution < -0.4 is 10.2 Å². The molecule has 8 nitrogen and oxygen atoms in total. The molecule has 1 N–H and O–H groups in total. The number of carbonyl (C=O) groups is 2. The minimum Gasteiger partial charge on any atom is -0.353 e. The molecule has 0 unspecified atom stereocenters. The second-order valence-electron chi connectivity index (χ2n) is 8.92. The first-order valence-electron chi connectivity index (χ1n) is 12.1. The van der Waals surface area contributed by atoms with Crippen LogP contribution in [0.1, 0.15) is 23.0 Å². The molecule has 1 saturated heterocycles. The summed E-state index contributed by atoms with van der Waals surface area (Å²) in [7, 11) is 0. The zero-order valence-electron chi connectivity index (χ0n) is 20.7. The summed E-state index contributed by atoms with van der Waals surface area (Å²) in [5.41, 5.74) is 3.41. The molecule has 5 rings (SSSR count). The van der Waals surface area contributed by atoms with Crippen LogP contribution in [0.4, 0.5) is 16.0 Å². The molecular weight excluding hydrogens is 471 g/mol. The number of piperazine rings is 1. The van der Waals surface area contributed by atoms with Gasteiger partial charge in [0.1, 0.15) is 17.5 Å². The van der Waals surface area contributed by atoms with E-state index in [2.05, 4.69) is 20.3 Å². The van der Waals surface area contributed by atoms with Crippen molar-refractivity contribution in [3.8, 4) is 16.8 Å². The molecule has 1 aliphatic heterocycles. The van der Waals surface area contributed by atoms with Crippen LogP contribution in [0.5, 0.6) is 0 Å². The van der Waals surface area contributed by atoms with Crippen LogP contribution in [0.3, 0.4) is 0 Å². The van der Waals surface area contributed by atoms with Crippen molar-refractivity contribution in [3.05, 3.63) is 90.0 Å². The molecule has 188 valence electrons. The van der Waals surface area contributed by atoms with Crippen molar-refractivity contribution in [1.82, 2.24) is 19.7 Å². The van der Waals surface area contributed by atoms with Gasteiger partial charge in [0.15, 0.2) is 0 Å². The van der Waals surface area contributed by atoms with Crippen molar-refractivity contribution < 1.29 is 14.0 Å². The molecule has 1 fully saturated rings. The van der Waals surface area contributed by atoms with Crippen LogP contribution >= 0.6 is 0 Å². The van der Waals surface area contributed by atoms with E-state index >= 15 is 0 Å². The summed E-state index contributed by atoms with van der Waals surface area (Å²) >= 11 is 0. The Hall–Kier alpha value is -4.53. The van der Waals surface area contributed by atoms with Crippen molar-refractivity contribution in [1.29, 1.82) is 0 Å². The van der Waals surface area contributed by atoms with Gasteiger partial charge in [-0.2, -0.15) is 5.10 Å². The first-order valence-corrected chi connectivity index (χ1v) is 12.1. The van der Waals surface area contributed by atoms with E-state index < -0.39 is 0 Å². The normalized spacial score (nSPS) is 13.5. The Morgan fingerprint density at radius 1 is 0.919 bits per heavy atom. The Kier molecular flexibility index (Phi) is 6.68. The highest BCUT2D eigenvalue weighted by Gasteiger charge is 2.24. The van der Waals surface area contributed by atoms with E-state index in [1.165, 1.54) is 19.1 Å². The lowest BCUT2D eigenvalue weighted by Crippen LogP contribution is -2.49. The van der Waals surface area contributed by atoms with Crippen molar-refractivity contribution >= 4 is 23.5 Å². The monoisotopic (exact) mass is 498 g/mol. The van der Waals surface area contributed by atoms with Gasteiger partial charge in [0.25, 0.3) is 5.91 Å². The molecule has 37 heavy (non-hydrogen) atoms. The van der Waals surface area contributed by atoms with E-state index in [0.717, 1.165) is 24.5 Å². The highest BCUT2D eigenvalue weighted by Crippen LogP contribution is 2.33. The average Bonchev–Trinajstić information content (AvgIpc) is 3.24. The summed E-state index contributed by atoms with van der Waals surface area (Å²) in [4.78, 5) is 33.6. The van der Waals surface area contributed by atoms with Crippen LogP contribution in [-0.2, 0) is 4.79 Å². The van der Waals surface area contributed by atoms with Gasteiger partial charge in [0.2, 0.25) is 5.91 Å². The third kappa shape index (κ3) is 5.06. The molecule has 3 heterocycles. The molecule has 9 heteroatoms. The fourth-order valence-electron chi connectivity index (χ4n) is 4.57. The molecule has 0 aliphatic carbocycles. The lowest BCUT2D eigenvalue weighted by atomic mass is 10.1. The number of anilines is 2. The number of amides is 2. The number of aryl methyl sites for hydroxylation is 1. The number of nitrogens with zero attached hydrogens (tertiary/aromatic N) is 5. The maximum atomic E-state index is 13.5. The predicted molar refractivity (Wildman–Crippen MR) is 140 cm³/mol. The Morgan fingerprint density at radius 2 is 1.62 bits per heavy atom. The quantitative estimate of drug-likeness (QED) is 0.444. The molecule has 0 atom stereocenters. The highest BCUT2D eigenvalue weighted by atomic mass is 19.1. The first kappa shape index (κ1) is 24.2. The third-order valence-electron chi connectivity index (χ3n) is 6.39. The van der Waals surface area contributed by atoms with Gasteiger partial charge in [-0.05, 0) is 61.0 Å². The van der Waals surface area contributed by atoms with Gasteiger partial charge in [0, 0.05) is 50.4 Å². The molecule has 4 aromatic rings. The zero-order valence-corrected chi connectivity index (χ0v) is 20.7. The molecule has 0 radical (unpaired) electrons. The Labute approximate surface area is 214 Å². The van der Waals surface area contributed by atoms with Crippen molar-refractivity contribution in [3.63, 3.8) is 0 Å². The van der Waals surface area contributed by atoms with E-state index in [9.17, 15) is 14.0 Å². The van der Waals surface area contributed by atoms with Crippen molar-refractivity contribution in [2.45, 2.75) is 13.8 Å². The third-order valence-corrected chi connectivity index (χ3v) is 6.39. The lowest BCUT2D eigenvalue weighted by Gasteiger charge is -2.35. The number of aromatic nitrogens is 3. The Balaban J connectivity index is 1.36. The molecule has 2 amide bonds.